The second-order valence-electron chi connectivity index (χ2n) is 9.48. The third-order valence-corrected chi connectivity index (χ3v) is 7.86. The van der Waals surface area contributed by atoms with Gasteiger partial charge in [-0.15, -0.1) is 17.0 Å². The number of nitrogens with zero attached hydrogens (tertiary/aromatic N) is 2. The largest absolute Gasteiger partial charge is 0.325 e. The lowest BCUT2D eigenvalue weighted by molar-refractivity contribution is -0.903. The highest BCUT2D eigenvalue weighted by Crippen LogP contribution is 2.13. The first-order valence-electron chi connectivity index (χ1n) is 12.1. The molecule has 4 nitrogen and oxygen atoms in total. The van der Waals surface area contributed by atoms with Gasteiger partial charge in [0.15, 0.2) is 0 Å². The van der Waals surface area contributed by atoms with Gasteiger partial charge in [-0.05, 0) is 6.42 Å². The van der Waals surface area contributed by atoms with E-state index in [0.717, 1.165) is 43.3 Å². The lowest BCUT2D eigenvalue weighted by Crippen LogP contribution is -2.41. The molecule has 0 bridgehead atoms. The molecule has 0 fully saturated rings. The Bertz CT molecular complexity index is 651. The monoisotopic (exact) mass is 519 g/mol. The average Bonchev–Trinajstić information content (AvgIpc) is 2.69. The highest BCUT2D eigenvalue weighted by molar-refractivity contribution is 8.93. The Morgan fingerprint density at radius 2 is 1.32 bits per heavy atom. The van der Waals surface area contributed by atoms with Crippen molar-refractivity contribution in [3.63, 3.8) is 0 Å². The number of halogens is 1. The third-order valence-electron chi connectivity index (χ3n) is 5.92. The summed E-state index contributed by atoms with van der Waals surface area (Å²) in [4.78, 5) is 0. The SMILES string of the molecule is Br.CCCCCCCCCCCCS(=O)(=O)N(C)CCC[N+](C)(C)Cc1ccccc1. The highest BCUT2D eigenvalue weighted by atomic mass is 79.9. The van der Waals surface area contributed by atoms with E-state index in [2.05, 4.69) is 45.3 Å². The van der Waals surface area contributed by atoms with E-state index in [1.807, 2.05) is 6.07 Å². The summed E-state index contributed by atoms with van der Waals surface area (Å²) < 4.78 is 27.5. The first-order valence-corrected chi connectivity index (χ1v) is 13.7. The van der Waals surface area contributed by atoms with Gasteiger partial charge >= 0.3 is 0 Å². The summed E-state index contributed by atoms with van der Waals surface area (Å²) in [5.74, 6) is 0.294. The van der Waals surface area contributed by atoms with E-state index >= 15 is 0 Å². The van der Waals surface area contributed by atoms with Crippen molar-refractivity contribution in [2.24, 2.45) is 0 Å². The summed E-state index contributed by atoms with van der Waals surface area (Å²) >= 11 is 0. The van der Waals surface area contributed by atoms with Crippen molar-refractivity contribution in [2.75, 3.05) is 40.0 Å². The fourth-order valence-corrected chi connectivity index (χ4v) is 5.23. The zero-order valence-corrected chi connectivity index (χ0v) is 23.1. The van der Waals surface area contributed by atoms with Gasteiger partial charge in [0.05, 0.1) is 26.4 Å². The molecule has 6 heteroatoms. The van der Waals surface area contributed by atoms with Gasteiger partial charge in [-0.25, -0.2) is 12.7 Å². The van der Waals surface area contributed by atoms with E-state index in [1.54, 1.807) is 11.4 Å². The maximum Gasteiger partial charge on any atom is 0.213 e. The van der Waals surface area contributed by atoms with Crippen molar-refractivity contribution in [1.29, 1.82) is 0 Å². The summed E-state index contributed by atoms with van der Waals surface area (Å²) in [7, 11) is 3.05. The normalized spacial score (nSPS) is 12.2. The van der Waals surface area contributed by atoms with Gasteiger partial charge in [0, 0.05) is 25.6 Å². The van der Waals surface area contributed by atoms with Crippen LogP contribution in [-0.4, -0.2) is 57.2 Å². The van der Waals surface area contributed by atoms with E-state index in [-0.39, 0.29) is 17.0 Å². The number of benzene rings is 1. The Morgan fingerprint density at radius 3 is 1.87 bits per heavy atom. The summed E-state index contributed by atoms with van der Waals surface area (Å²) in [6, 6.07) is 10.5. The van der Waals surface area contributed by atoms with Crippen molar-refractivity contribution in [1.82, 2.24) is 4.31 Å². The summed E-state index contributed by atoms with van der Waals surface area (Å²) in [5.41, 5.74) is 1.32. The van der Waals surface area contributed by atoms with E-state index in [0.29, 0.717) is 12.3 Å². The molecule has 0 N–H and O–H groups in total. The molecule has 0 saturated carbocycles. The van der Waals surface area contributed by atoms with E-state index in [9.17, 15) is 8.42 Å². The molecule has 0 heterocycles. The van der Waals surface area contributed by atoms with Crippen LogP contribution in [0.4, 0.5) is 0 Å². The standard InChI is InChI=1S/C25H47N2O2S.BrH/c1-5-6-7-8-9-10-11-12-13-17-23-30(28,29)26(2)21-18-22-27(3,4)24-25-19-15-14-16-20-25;/h14-16,19-20H,5-13,17-18,21-24H2,1-4H3;1H/q+1;. The number of hydrogen-bond donors (Lipinski definition) is 0. The third kappa shape index (κ3) is 15.1. The fourth-order valence-electron chi connectivity index (χ4n) is 3.94. The quantitative estimate of drug-likeness (QED) is 0.166. The van der Waals surface area contributed by atoms with Gasteiger partial charge in [-0.3, -0.25) is 0 Å². The summed E-state index contributed by atoms with van der Waals surface area (Å²) in [5, 5.41) is 0. The molecule has 1 aromatic carbocycles. The smallest absolute Gasteiger partial charge is 0.213 e. The van der Waals surface area contributed by atoms with Gasteiger partial charge in [-0.1, -0.05) is 95.0 Å². The van der Waals surface area contributed by atoms with Crippen LogP contribution >= 0.6 is 17.0 Å². The van der Waals surface area contributed by atoms with Crippen molar-refractivity contribution in [3.05, 3.63) is 35.9 Å². The van der Waals surface area contributed by atoms with Crippen LogP contribution in [0.5, 0.6) is 0 Å². The van der Waals surface area contributed by atoms with Gasteiger partial charge in [-0.2, -0.15) is 0 Å². The maximum atomic E-state index is 12.5. The first kappa shape index (κ1) is 30.6. The lowest BCUT2D eigenvalue weighted by atomic mass is 10.1. The molecule has 0 atom stereocenters. The fraction of sp³-hybridized carbons (Fsp3) is 0.760. The van der Waals surface area contributed by atoms with Gasteiger partial charge < -0.3 is 4.48 Å². The van der Waals surface area contributed by atoms with Crippen LogP contribution in [0.3, 0.4) is 0 Å². The van der Waals surface area contributed by atoms with E-state index < -0.39 is 10.0 Å². The maximum absolute atomic E-state index is 12.5. The zero-order chi connectivity index (χ0) is 22.3. The Hall–Kier alpha value is -0.430. The molecular formula is C25H48BrN2O2S+. The Balaban J connectivity index is 0.00000900. The molecule has 1 rings (SSSR count). The predicted octanol–water partition coefficient (Wildman–Crippen LogP) is 6.41. The molecule has 0 aliphatic rings. The van der Waals surface area contributed by atoms with Crippen LogP contribution < -0.4 is 0 Å². The van der Waals surface area contributed by atoms with Gasteiger partial charge in [0.25, 0.3) is 0 Å². The minimum Gasteiger partial charge on any atom is -0.325 e. The minimum absolute atomic E-state index is 0. The van der Waals surface area contributed by atoms with Crippen LogP contribution in [0, 0.1) is 0 Å². The molecule has 0 aliphatic heterocycles. The van der Waals surface area contributed by atoms with Crippen LogP contribution in [0.1, 0.15) is 83.1 Å². The van der Waals surface area contributed by atoms with Crippen molar-refractivity contribution in [3.8, 4) is 0 Å². The predicted molar refractivity (Wildman–Crippen MR) is 140 cm³/mol. The average molecular weight is 521 g/mol. The van der Waals surface area contributed by atoms with Crippen LogP contribution in [0.15, 0.2) is 30.3 Å². The number of hydrogen-bond acceptors (Lipinski definition) is 2. The molecule has 31 heavy (non-hydrogen) atoms. The number of rotatable bonds is 18. The molecule has 0 aliphatic carbocycles. The Kier molecular flexibility index (Phi) is 16.9. The molecular weight excluding hydrogens is 472 g/mol. The zero-order valence-electron chi connectivity index (χ0n) is 20.5. The molecule has 0 saturated heterocycles. The van der Waals surface area contributed by atoms with E-state index in [1.165, 1.54) is 50.5 Å². The van der Waals surface area contributed by atoms with E-state index in [4.69, 9.17) is 0 Å². The molecule has 1 aromatic rings. The molecule has 182 valence electrons. The van der Waals surface area contributed by atoms with Crippen molar-refractivity contribution in [2.45, 2.75) is 84.1 Å². The highest BCUT2D eigenvalue weighted by Gasteiger charge is 2.20. The number of quaternary nitrogens is 1. The molecule has 0 unspecified atom stereocenters. The Morgan fingerprint density at radius 1 is 0.806 bits per heavy atom. The lowest BCUT2D eigenvalue weighted by Gasteiger charge is -2.30. The van der Waals surface area contributed by atoms with Crippen molar-refractivity contribution < 1.29 is 12.9 Å². The Labute approximate surface area is 203 Å². The van der Waals surface area contributed by atoms with Crippen molar-refractivity contribution >= 4 is 27.0 Å². The van der Waals surface area contributed by atoms with Crippen LogP contribution in [-0.2, 0) is 16.6 Å². The second kappa shape index (κ2) is 17.1. The minimum atomic E-state index is -3.12. The summed E-state index contributed by atoms with van der Waals surface area (Å²) in [6.07, 6.45) is 13.1. The molecule has 0 amide bonds. The molecule has 0 spiro atoms. The number of unbranched alkanes of at least 4 members (excludes halogenated alkanes) is 9. The van der Waals surface area contributed by atoms with Gasteiger partial charge in [0.2, 0.25) is 10.0 Å². The summed E-state index contributed by atoms with van der Waals surface area (Å²) in [6.45, 7) is 4.79. The molecule has 0 radical (unpaired) electrons. The van der Waals surface area contributed by atoms with Gasteiger partial charge in [0.1, 0.15) is 6.54 Å². The first-order chi connectivity index (χ1) is 14.3. The molecule has 0 aromatic heterocycles. The van der Waals surface area contributed by atoms with Crippen LogP contribution in [0.25, 0.3) is 0 Å². The number of sulfonamides is 1. The second-order valence-corrected chi connectivity index (χ2v) is 11.7. The topological polar surface area (TPSA) is 37.4 Å². The van der Waals surface area contributed by atoms with Crippen LogP contribution in [0.2, 0.25) is 0 Å².